The van der Waals surface area contributed by atoms with Crippen LogP contribution in [-0.4, -0.2) is 6.61 Å². The lowest BCUT2D eigenvalue weighted by molar-refractivity contribution is 0.317. The maximum Gasteiger partial charge on any atom is 0.137 e. The predicted octanol–water partition coefficient (Wildman–Crippen LogP) is 3.54. The number of hydrogen-bond donors (Lipinski definition) is 1. The van der Waals surface area contributed by atoms with Gasteiger partial charge in [0.05, 0.1) is 11.6 Å². The molecule has 1 atom stereocenters. The molecule has 0 saturated heterocycles. The van der Waals surface area contributed by atoms with E-state index in [1.165, 1.54) is 0 Å². The van der Waals surface area contributed by atoms with Crippen molar-refractivity contribution in [3.8, 4) is 5.75 Å². The van der Waals surface area contributed by atoms with Gasteiger partial charge in [0.1, 0.15) is 5.75 Å². The van der Waals surface area contributed by atoms with Crippen LogP contribution in [0.3, 0.4) is 0 Å². The second-order valence-electron chi connectivity index (χ2n) is 3.55. The van der Waals surface area contributed by atoms with Crippen molar-refractivity contribution in [2.75, 3.05) is 6.61 Å². The molecule has 0 saturated carbocycles. The van der Waals surface area contributed by atoms with E-state index >= 15 is 0 Å². The lowest BCUT2D eigenvalue weighted by atomic mass is 10.1. The minimum atomic E-state index is 0.0581. The Morgan fingerprint density at radius 3 is 2.67 bits per heavy atom. The van der Waals surface area contributed by atoms with Crippen LogP contribution < -0.4 is 10.5 Å². The van der Waals surface area contributed by atoms with E-state index in [1.54, 1.807) is 0 Å². The average molecular weight is 228 g/mol. The van der Waals surface area contributed by atoms with Crippen LogP contribution in [0.2, 0.25) is 5.02 Å². The Morgan fingerprint density at radius 1 is 1.40 bits per heavy atom. The quantitative estimate of drug-likeness (QED) is 0.835. The largest absolute Gasteiger partial charge is 0.492 e. The van der Waals surface area contributed by atoms with E-state index in [1.807, 2.05) is 18.2 Å². The number of nitrogens with two attached hydrogens (primary N) is 1. The van der Waals surface area contributed by atoms with Crippen molar-refractivity contribution in [3.05, 3.63) is 28.8 Å². The molecule has 0 aliphatic heterocycles. The fourth-order valence-corrected chi connectivity index (χ4v) is 1.56. The van der Waals surface area contributed by atoms with E-state index in [-0.39, 0.29) is 6.04 Å². The monoisotopic (exact) mass is 227 g/mol. The lowest BCUT2D eigenvalue weighted by Gasteiger charge is -2.12. The van der Waals surface area contributed by atoms with Gasteiger partial charge in [-0.3, -0.25) is 0 Å². The first-order valence-electron chi connectivity index (χ1n) is 5.36. The number of halogens is 1. The first-order chi connectivity index (χ1) is 7.19. The molecule has 0 bridgehead atoms. The van der Waals surface area contributed by atoms with Gasteiger partial charge in [0.2, 0.25) is 0 Å². The fraction of sp³-hybridized carbons (Fsp3) is 0.500. The molecule has 1 unspecified atom stereocenters. The highest BCUT2D eigenvalue weighted by Crippen LogP contribution is 2.28. The summed E-state index contributed by atoms with van der Waals surface area (Å²) in [6.45, 7) is 4.81. The molecule has 3 heteroatoms. The zero-order valence-electron chi connectivity index (χ0n) is 9.29. The van der Waals surface area contributed by atoms with Gasteiger partial charge in [-0.15, -0.1) is 0 Å². The van der Waals surface area contributed by atoms with Crippen molar-refractivity contribution in [3.63, 3.8) is 0 Å². The molecular formula is C12H18ClNO. The second-order valence-corrected chi connectivity index (χ2v) is 3.96. The Labute approximate surface area is 96.4 Å². The van der Waals surface area contributed by atoms with Gasteiger partial charge in [0.15, 0.2) is 0 Å². The van der Waals surface area contributed by atoms with Gasteiger partial charge in [0, 0.05) is 6.04 Å². The minimum Gasteiger partial charge on any atom is -0.492 e. The molecule has 0 spiro atoms. The van der Waals surface area contributed by atoms with E-state index in [2.05, 4.69) is 13.8 Å². The smallest absolute Gasteiger partial charge is 0.137 e. The van der Waals surface area contributed by atoms with Gasteiger partial charge < -0.3 is 10.5 Å². The molecule has 0 aromatic heterocycles. The standard InChI is InChI=1S/C12H18ClNO/c1-3-7-15-12-6-5-9(8-10(12)13)11(14)4-2/h5-6,8,11H,3-4,7,14H2,1-2H3. The third-order valence-corrected chi connectivity index (χ3v) is 2.58. The van der Waals surface area contributed by atoms with Gasteiger partial charge >= 0.3 is 0 Å². The van der Waals surface area contributed by atoms with E-state index in [4.69, 9.17) is 22.1 Å². The highest BCUT2D eigenvalue weighted by molar-refractivity contribution is 6.32. The van der Waals surface area contributed by atoms with Crippen LogP contribution in [0, 0.1) is 0 Å². The molecule has 84 valence electrons. The molecule has 2 N–H and O–H groups in total. The van der Waals surface area contributed by atoms with Crippen LogP contribution in [-0.2, 0) is 0 Å². The summed E-state index contributed by atoms with van der Waals surface area (Å²) < 4.78 is 5.48. The fourth-order valence-electron chi connectivity index (χ4n) is 1.31. The molecule has 1 aromatic carbocycles. The molecule has 0 radical (unpaired) electrons. The van der Waals surface area contributed by atoms with Crippen LogP contribution in [0.15, 0.2) is 18.2 Å². The minimum absolute atomic E-state index is 0.0581. The normalized spacial score (nSPS) is 12.5. The maximum atomic E-state index is 6.09. The SMILES string of the molecule is CCCOc1ccc(C(N)CC)cc1Cl. The maximum absolute atomic E-state index is 6.09. The topological polar surface area (TPSA) is 35.2 Å². The molecule has 0 amide bonds. The summed E-state index contributed by atoms with van der Waals surface area (Å²) in [6.07, 6.45) is 1.89. The molecule has 1 aromatic rings. The van der Waals surface area contributed by atoms with E-state index in [9.17, 15) is 0 Å². The first-order valence-corrected chi connectivity index (χ1v) is 5.74. The van der Waals surface area contributed by atoms with Crippen molar-refractivity contribution in [1.29, 1.82) is 0 Å². The van der Waals surface area contributed by atoms with E-state index in [0.717, 1.165) is 24.2 Å². The van der Waals surface area contributed by atoms with E-state index in [0.29, 0.717) is 11.6 Å². The molecule has 0 heterocycles. The Morgan fingerprint density at radius 2 is 2.13 bits per heavy atom. The second kappa shape index (κ2) is 5.99. The molecule has 0 aliphatic rings. The Bertz CT molecular complexity index is 314. The van der Waals surface area contributed by atoms with Gasteiger partial charge in [-0.1, -0.05) is 31.5 Å². The summed E-state index contributed by atoms with van der Waals surface area (Å²) in [7, 11) is 0. The molecule has 0 aliphatic carbocycles. The molecule has 1 rings (SSSR count). The summed E-state index contributed by atoms with van der Waals surface area (Å²) in [5.74, 6) is 0.741. The Kier molecular flexibility index (Phi) is 4.92. The summed E-state index contributed by atoms with van der Waals surface area (Å²) in [5.41, 5.74) is 6.98. The zero-order chi connectivity index (χ0) is 11.3. The summed E-state index contributed by atoms with van der Waals surface area (Å²) in [4.78, 5) is 0. The third kappa shape index (κ3) is 3.40. The van der Waals surface area contributed by atoms with Crippen LogP contribution >= 0.6 is 11.6 Å². The number of ether oxygens (including phenoxy) is 1. The summed E-state index contributed by atoms with van der Waals surface area (Å²) >= 11 is 6.09. The summed E-state index contributed by atoms with van der Waals surface area (Å²) in [6, 6.07) is 5.82. The van der Waals surface area contributed by atoms with E-state index < -0.39 is 0 Å². The van der Waals surface area contributed by atoms with Crippen LogP contribution in [0.5, 0.6) is 5.75 Å². The van der Waals surface area contributed by atoms with Crippen molar-refractivity contribution in [1.82, 2.24) is 0 Å². The van der Waals surface area contributed by atoms with Gasteiger partial charge in [0.25, 0.3) is 0 Å². The van der Waals surface area contributed by atoms with Crippen LogP contribution in [0.1, 0.15) is 38.3 Å². The highest BCUT2D eigenvalue weighted by atomic mass is 35.5. The lowest BCUT2D eigenvalue weighted by Crippen LogP contribution is -2.08. The number of rotatable bonds is 5. The zero-order valence-corrected chi connectivity index (χ0v) is 10.1. The third-order valence-electron chi connectivity index (χ3n) is 2.29. The van der Waals surface area contributed by atoms with Gasteiger partial charge in [-0.05, 0) is 30.5 Å². The first kappa shape index (κ1) is 12.3. The van der Waals surface area contributed by atoms with Crippen molar-refractivity contribution in [2.45, 2.75) is 32.7 Å². The van der Waals surface area contributed by atoms with Crippen LogP contribution in [0.4, 0.5) is 0 Å². The molecule has 0 fully saturated rings. The van der Waals surface area contributed by atoms with Gasteiger partial charge in [-0.25, -0.2) is 0 Å². The van der Waals surface area contributed by atoms with Crippen molar-refractivity contribution in [2.24, 2.45) is 5.73 Å². The average Bonchev–Trinajstić information content (AvgIpc) is 2.26. The Hall–Kier alpha value is -0.730. The van der Waals surface area contributed by atoms with Crippen molar-refractivity contribution < 1.29 is 4.74 Å². The van der Waals surface area contributed by atoms with Gasteiger partial charge in [-0.2, -0.15) is 0 Å². The highest BCUT2D eigenvalue weighted by Gasteiger charge is 2.07. The molecule has 15 heavy (non-hydrogen) atoms. The molecule has 2 nitrogen and oxygen atoms in total. The van der Waals surface area contributed by atoms with Crippen LogP contribution in [0.25, 0.3) is 0 Å². The summed E-state index contributed by atoms with van der Waals surface area (Å²) in [5, 5.41) is 0.643. The number of benzene rings is 1. The predicted molar refractivity (Wildman–Crippen MR) is 64.5 cm³/mol. The van der Waals surface area contributed by atoms with Crippen molar-refractivity contribution >= 4 is 11.6 Å². The Balaban J connectivity index is 2.78. The number of hydrogen-bond acceptors (Lipinski definition) is 2. The molecular weight excluding hydrogens is 210 g/mol.